The Kier molecular flexibility index (Phi) is 9.01. The number of ether oxygens (including phenoxy) is 2. The van der Waals surface area contributed by atoms with Crippen LogP contribution in [0.1, 0.15) is 18.4 Å². The molecule has 0 bridgehead atoms. The van der Waals surface area contributed by atoms with Crippen LogP contribution in [-0.2, 0) is 15.8 Å². The van der Waals surface area contributed by atoms with Gasteiger partial charge < -0.3 is 29.9 Å². The zero-order valence-electron chi connectivity index (χ0n) is 22.6. The molecule has 1 aromatic carbocycles. The smallest absolute Gasteiger partial charge is 0.247 e. The van der Waals surface area contributed by atoms with Gasteiger partial charge in [-0.1, -0.05) is 6.58 Å². The average Bonchev–Trinajstić information content (AvgIpc) is 2.90. The highest BCUT2D eigenvalue weighted by atomic mass is 32.2. The molecular weight excluding hydrogens is 520 g/mol. The van der Waals surface area contributed by atoms with Crippen molar-refractivity contribution < 1.29 is 18.5 Å². The summed E-state index contributed by atoms with van der Waals surface area (Å²) < 4.78 is 24.9. The van der Waals surface area contributed by atoms with Crippen LogP contribution in [0.3, 0.4) is 0 Å². The molecule has 39 heavy (non-hydrogen) atoms. The lowest BCUT2D eigenvalue weighted by molar-refractivity contribution is -0.111. The molecule has 0 saturated carbocycles. The van der Waals surface area contributed by atoms with Crippen molar-refractivity contribution in [2.45, 2.75) is 25.0 Å². The van der Waals surface area contributed by atoms with E-state index in [2.05, 4.69) is 51.1 Å². The van der Waals surface area contributed by atoms with Gasteiger partial charge in [0, 0.05) is 44.5 Å². The van der Waals surface area contributed by atoms with Gasteiger partial charge in [-0.05, 0) is 39.1 Å². The number of hydrogen-bond acceptors (Lipinski definition) is 10. The van der Waals surface area contributed by atoms with Crippen LogP contribution in [0.15, 0.2) is 31.0 Å². The van der Waals surface area contributed by atoms with Crippen LogP contribution < -0.4 is 25.0 Å². The number of nitrogens with one attached hydrogen (secondary N) is 2. The van der Waals surface area contributed by atoms with Crippen molar-refractivity contribution in [3.05, 3.63) is 36.5 Å². The number of carbonyl (C=O) groups is 1. The normalized spacial score (nSPS) is 17.2. The number of nitriles is 1. The molecule has 1 aromatic heterocycles. The lowest BCUT2D eigenvalue weighted by atomic mass is 10.0. The summed E-state index contributed by atoms with van der Waals surface area (Å²) in [5.74, 6) is 0.536. The fourth-order valence-corrected chi connectivity index (χ4v) is 5.31. The van der Waals surface area contributed by atoms with Gasteiger partial charge in [-0.2, -0.15) is 10.2 Å². The second-order valence-corrected chi connectivity index (χ2v) is 11.0. The predicted molar refractivity (Wildman–Crippen MR) is 151 cm³/mol. The molecule has 208 valence electrons. The molecule has 13 heteroatoms. The van der Waals surface area contributed by atoms with E-state index in [1.165, 1.54) is 12.3 Å². The van der Waals surface area contributed by atoms with Gasteiger partial charge in [0.2, 0.25) is 17.7 Å². The van der Waals surface area contributed by atoms with Gasteiger partial charge >= 0.3 is 0 Å². The van der Waals surface area contributed by atoms with Crippen molar-refractivity contribution in [1.82, 2.24) is 19.2 Å². The Morgan fingerprint density at radius 1 is 1.28 bits per heavy atom. The molecule has 2 N–H and O–H groups in total. The highest BCUT2D eigenvalue weighted by Gasteiger charge is 2.32. The number of benzene rings is 1. The van der Waals surface area contributed by atoms with Crippen LogP contribution in [0, 0.1) is 11.3 Å². The van der Waals surface area contributed by atoms with Crippen molar-refractivity contribution in [2.75, 3.05) is 69.2 Å². The van der Waals surface area contributed by atoms with E-state index in [-0.39, 0.29) is 29.4 Å². The van der Waals surface area contributed by atoms with E-state index in [0.717, 1.165) is 31.6 Å². The van der Waals surface area contributed by atoms with Crippen molar-refractivity contribution in [3.63, 3.8) is 0 Å². The minimum Gasteiger partial charge on any atom is -0.494 e. The summed E-state index contributed by atoms with van der Waals surface area (Å²) in [5, 5.41) is 15.6. The van der Waals surface area contributed by atoms with E-state index in [1.807, 2.05) is 12.1 Å². The lowest BCUT2D eigenvalue weighted by Crippen LogP contribution is -2.54. The Labute approximate surface area is 231 Å². The SMILES string of the molecule is C=CC(=O)Nc1cc(Nc2ncc(C#N)c(OC3CN(S(C)=O)C3)n2)c(OC)cc1N1CCC(N(C)C)CC1. The molecule has 4 rings (SSSR count). The van der Waals surface area contributed by atoms with Gasteiger partial charge in [0.25, 0.3) is 0 Å². The maximum Gasteiger partial charge on any atom is 0.247 e. The summed E-state index contributed by atoms with van der Waals surface area (Å²) in [7, 11) is 4.68. The predicted octanol–water partition coefficient (Wildman–Crippen LogP) is 2.11. The summed E-state index contributed by atoms with van der Waals surface area (Å²) in [6.07, 6.45) is 5.99. The summed E-state index contributed by atoms with van der Waals surface area (Å²) >= 11 is 0. The maximum absolute atomic E-state index is 12.3. The quantitative estimate of drug-likeness (QED) is 0.420. The van der Waals surface area contributed by atoms with Gasteiger partial charge in [0.1, 0.15) is 23.5 Å². The second kappa shape index (κ2) is 12.4. The van der Waals surface area contributed by atoms with Crippen molar-refractivity contribution in [3.8, 4) is 17.7 Å². The van der Waals surface area contributed by atoms with Crippen LogP contribution >= 0.6 is 0 Å². The fraction of sp³-hybridized carbons (Fsp3) is 0.462. The third-order valence-electron chi connectivity index (χ3n) is 6.87. The summed E-state index contributed by atoms with van der Waals surface area (Å²) in [6, 6.07) is 6.21. The molecule has 0 spiro atoms. The van der Waals surface area contributed by atoms with Gasteiger partial charge in [0.15, 0.2) is 0 Å². The lowest BCUT2D eigenvalue weighted by Gasteiger charge is -2.37. The zero-order chi connectivity index (χ0) is 28.1. The van der Waals surface area contributed by atoms with E-state index in [0.29, 0.717) is 36.3 Å². The Bertz CT molecular complexity index is 1280. The summed E-state index contributed by atoms with van der Waals surface area (Å²) in [4.78, 5) is 25.5. The first-order chi connectivity index (χ1) is 18.7. The molecule has 2 aliphatic heterocycles. The summed E-state index contributed by atoms with van der Waals surface area (Å²) in [6.45, 7) is 6.20. The number of anilines is 4. The zero-order valence-corrected chi connectivity index (χ0v) is 23.5. The van der Waals surface area contributed by atoms with Crippen LogP contribution in [-0.4, -0.2) is 95.1 Å². The van der Waals surface area contributed by atoms with Crippen molar-refractivity contribution in [2.24, 2.45) is 0 Å². The number of hydrogen-bond donors (Lipinski definition) is 2. The molecule has 3 heterocycles. The number of methoxy groups -OCH3 is 1. The van der Waals surface area contributed by atoms with Crippen molar-refractivity contribution >= 4 is 39.9 Å². The Balaban J connectivity index is 1.60. The number of rotatable bonds is 10. The first kappa shape index (κ1) is 28.3. The van der Waals surface area contributed by atoms with Gasteiger partial charge in [0.05, 0.1) is 41.4 Å². The average molecular weight is 555 g/mol. The largest absolute Gasteiger partial charge is 0.494 e. The van der Waals surface area contributed by atoms with Crippen molar-refractivity contribution in [1.29, 1.82) is 5.26 Å². The van der Waals surface area contributed by atoms with E-state index >= 15 is 0 Å². The molecule has 0 radical (unpaired) electrons. The standard InChI is InChI=1S/C26H34N8O4S/c1-6-24(35)29-20-11-21(23(37-4)12-22(20)33-9-7-18(8-10-33)32(2)3)30-26-28-14-17(13-27)25(31-26)38-19-15-34(16-19)39(5)36/h6,11-12,14,18-19H,1,7-10,15-16H2,2-5H3,(H,29,35)(H,28,30,31). The highest BCUT2D eigenvalue weighted by molar-refractivity contribution is 7.81. The molecule has 2 aromatic rings. The molecule has 1 amide bonds. The Morgan fingerprint density at radius 2 is 2.00 bits per heavy atom. The molecule has 1 unspecified atom stereocenters. The van der Waals surface area contributed by atoms with E-state index in [1.54, 1.807) is 23.7 Å². The van der Waals surface area contributed by atoms with Crippen LogP contribution in [0.2, 0.25) is 0 Å². The number of nitrogens with zero attached hydrogens (tertiary/aromatic N) is 6. The first-order valence-corrected chi connectivity index (χ1v) is 14.1. The first-order valence-electron chi connectivity index (χ1n) is 12.6. The molecule has 2 aliphatic rings. The van der Waals surface area contributed by atoms with E-state index < -0.39 is 11.0 Å². The molecule has 12 nitrogen and oxygen atoms in total. The Morgan fingerprint density at radius 3 is 2.59 bits per heavy atom. The maximum atomic E-state index is 12.3. The molecule has 2 saturated heterocycles. The molecular formula is C26H34N8O4S. The molecule has 1 atom stereocenters. The highest BCUT2D eigenvalue weighted by Crippen LogP contribution is 2.39. The monoisotopic (exact) mass is 554 g/mol. The van der Waals surface area contributed by atoms with Gasteiger partial charge in [-0.15, -0.1) is 0 Å². The molecule has 0 aliphatic carbocycles. The fourth-order valence-electron chi connectivity index (χ4n) is 4.56. The van der Waals surface area contributed by atoms with E-state index in [9.17, 15) is 14.3 Å². The second-order valence-electron chi connectivity index (χ2n) is 9.60. The number of amides is 1. The number of aromatic nitrogens is 2. The third kappa shape index (κ3) is 6.65. The van der Waals surface area contributed by atoms with Gasteiger partial charge in [-0.25, -0.2) is 13.5 Å². The minimum absolute atomic E-state index is 0.140. The molecule has 2 fully saturated rings. The third-order valence-corrected chi connectivity index (χ3v) is 7.90. The number of carbonyl (C=O) groups excluding carboxylic acids is 1. The topological polar surface area (TPSA) is 136 Å². The van der Waals surface area contributed by atoms with Gasteiger partial charge in [-0.3, -0.25) is 4.79 Å². The number of piperidine rings is 1. The van der Waals surface area contributed by atoms with Crippen LogP contribution in [0.5, 0.6) is 11.6 Å². The van der Waals surface area contributed by atoms with E-state index in [4.69, 9.17) is 9.47 Å². The minimum atomic E-state index is -1.07. The van der Waals surface area contributed by atoms with Crippen LogP contribution in [0.4, 0.5) is 23.0 Å². The summed E-state index contributed by atoms with van der Waals surface area (Å²) in [5.41, 5.74) is 2.16. The Hall–Kier alpha value is -3.73. The van der Waals surface area contributed by atoms with Crippen LogP contribution in [0.25, 0.3) is 0 Å².